The minimum atomic E-state index is -0.830. The zero-order valence-corrected chi connectivity index (χ0v) is 11.8. The van der Waals surface area contributed by atoms with Crippen LogP contribution in [0.2, 0.25) is 0 Å². The molecule has 5 heteroatoms. The van der Waals surface area contributed by atoms with E-state index in [-0.39, 0.29) is 12.6 Å². The van der Waals surface area contributed by atoms with E-state index in [9.17, 15) is 4.79 Å². The zero-order valence-electron chi connectivity index (χ0n) is 11.8. The minimum absolute atomic E-state index is 0.0111. The Labute approximate surface area is 113 Å². The number of carboxylic acid groups (broad SMARTS) is 1. The van der Waals surface area contributed by atoms with E-state index in [1.807, 2.05) is 30.9 Å². The molecule has 1 aromatic rings. The van der Waals surface area contributed by atoms with Gasteiger partial charge in [0.15, 0.2) is 0 Å². The summed E-state index contributed by atoms with van der Waals surface area (Å²) < 4.78 is 10.4. The molecule has 5 nitrogen and oxygen atoms in total. The van der Waals surface area contributed by atoms with Crippen LogP contribution in [0.4, 0.5) is 0 Å². The number of rotatable bonds is 7. The lowest BCUT2D eigenvalue weighted by Crippen LogP contribution is -2.35. The summed E-state index contributed by atoms with van der Waals surface area (Å²) in [5, 5.41) is 8.92. The molecule has 0 aliphatic heterocycles. The number of carbonyl (C=O) groups is 1. The van der Waals surface area contributed by atoms with Crippen LogP contribution in [-0.2, 0) is 11.3 Å². The molecule has 0 aromatic heterocycles. The molecule has 0 saturated heterocycles. The number of aliphatic carboxylic acids is 1. The van der Waals surface area contributed by atoms with E-state index in [2.05, 4.69) is 0 Å². The van der Waals surface area contributed by atoms with Gasteiger partial charge in [0.2, 0.25) is 0 Å². The fourth-order valence-electron chi connectivity index (χ4n) is 1.79. The average Bonchev–Trinajstić information content (AvgIpc) is 2.36. The normalized spacial score (nSPS) is 10.8. The van der Waals surface area contributed by atoms with Gasteiger partial charge in [0.25, 0.3) is 0 Å². The number of methoxy groups -OCH3 is 2. The summed E-state index contributed by atoms with van der Waals surface area (Å²) in [6.07, 6.45) is 0. The molecule has 106 valence electrons. The molecule has 1 N–H and O–H groups in total. The average molecular weight is 267 g/mol. The second-order valence-corrected chi connectivity index (χ2v) is 4.61. The molecule has 0 unspecified atom stereocenters. The number of hydrogen-bond donors (Lipinski definition) is 1. The highest BCUT2D eigenvalue weighted by atomic mass is 16.5. The van der Waals surface area contributed by atoms with Crippen molar-refractivity contribution in [1.82, 2.24) is 4.90 Å². The molecule has 19 heavy (non-hydrogen) atoms. The molecule has 0 bridgehead atoms. The van der Waals surface area contributed by atoms with Gasteiger partial charge < -0.3 is 14.6 Å². The number of ether oxygens (including phenoxy) is 2. The van der Waals surface area contributed by atoms with Crippen LogP contribution in [0.5, 0.6) is 11.5 Å². The minimum Gasteiger partial charge on any atom is -0.497 e. The Balaban J connectivity index is 2.91. The fourth-order valence-corrected chi connectivity index (χ4v) is 1.79. The third kappa shape index (κ3) is 4.79. The highest BCUT2D eigenvalue weighted by Crippen LogP contribution is 2.23. The smallest absolute Gasteiger partial charge is 0.317 e. The van der Waals surface area contributed by atoms with Crippen molar-refractivity contribution < 1.29 is 19.4 Å². The Morgan fingerprint density at radius 3 is 2.11 bits per heavy atom. The summed E-state index contributed by atoms with van der Waals surface area (Å²) >= 11 is 0. The van der Waals surface area contributed by atoms with Crippen LogP contribution in [0, 0.1) is 0 Å². The highest BCUT2D eigenvalue weighted by molar-refractivity contribution is 5.69. The number of carboxylic acids is 1. The zero-order chi connectivity index (χ0) is 14.4. The van der Waals surface area contributed by atoms with Crippen LogP contribution in [-0.4, -0.2) is 42.8 Å². The van der Waals surface area contributed by atoms with Crippen LogP contribution in [0.25, 0.3) is 0 Å². The molecule has 0 aliphatic carbocycles. The van der Waals surface area contributed by atoms with Gasteiger partial charge in [-0.2, -0.15) is 0 Å². The van der Waals surface area contributed by atoms with Crippen LogP contribution in [0.1, 0.15) is 19.4 Å². The summed E-state index contributed by atoms with van der Waals surface area (Å²) in [4.78, 5) is 12.7. The SMILES string of the molecule is COc1cc(CN(CC(=O)O)C(C)C)cc(OC)c1. The van der Waals surface area contributed by atoms with E-state index in [0.29, 0.717) is 18.0 Å². The third-order valence-corrected chi connectivity index (χ3v) is 2.87. The van der Waals surface area contributed by atoms with Gasteiger partial charge in [0.05, 0.1) is 20.8 Å². The van der Waals surface area contributed by atoms with E-state index >= 15 is 0 Å². The Bertz CT molecular complexity index is 409. The fraction of sp³-hybridized carbons (Fsp3) is 0.500. The first-order valence-electron chi connectivity index (χ1n) is 6.14. The maximum absolute atomic E-state index is 10.9. The third-order valence-electron chi connectivity index (χ3n) is 2.87. The van der Waals surface area contributed by atoms with Gasteiger partial charge in [0, 0.05) is 18.7 Å². The van der Waals surface area contributed by atoms with E-state index < -0.39 is 5.97 Å². The van der Waals surface area contributed by atoms with Crippen molar-refractivity contribution in [2.24, 2.45) is 0 Å². The molecule has 0 fully saturated rings. The first kappa shape index (κ1) is 15.3. The van der Waals surface area contributed by atoms with Crippen molar-refractivity contribution in [3.05, 3.63) is 23.8 Å². The maximum Gasteiger partial charge on any atom is 0.317 e. The molecule has 0 amide bonds. The first-order chi connectivity index (χ1) is 8.96. The second-order valence-electron chi connectivity index (χ2n) is 4.61. The van der Waals surface area contributed by atoms with Crippen LogP contribution in [0.3, 0.4) is 0 Å². The van der Waals surface area contributed by atoms with E-state index in [4.69, 9.17) is 14.6 Å². The molecule has 0 spiro atoms. The quantitative estimate of drug-likeness (QED) is 0.818. The van der Waals surface area contributed by atoms with Crippen molar-refractivity contribution in [2.45, 2.75) is 26.4 Å². The number of hydrogen-bond acceptors (Lipinski definition) is 4. The van der Waals surface area contributed by atoms with Crippen molar-refractivity contribution in [1.29, 1.82) is 0 Å². The van der Waals surface area contributed by atoms with Gasteiger partial charge in [-0.1, -0.05) is 0 Å². The maximum atomic E-state index is 10.9. The molecule has 0 heterocycles. The summed E-state index contributed by atoms with van der Waals surface area (Å²) in [7, 11) is 3.19. The number of benzene rings is 1. The lowest BCUT2D eigenvalue weighted by atomic mass is 10.1. The van der Waals surface area contributed by atoms with Crippen molar-refractivity contribution >= 4 is 5.97 Å². The van der Waals surface area contributed by atoms with Gasteiger partial charge in [-0.3, -0.25) is 9.69 Å². The second kappa shape index (κ2) is 6.99. The lowest BCUT2D eigenvalue weighted by molar-refractivity contribution is -0.138. The lowest BCUT2D eigenvalue weighted by Gasteiger charge is -2.24. The standard InChI is InChI=1S/C14H21NO4/c1-10(2)15(9-14(16)17)8-11-5-12(18-3)7-13(6-11)19-4/h5-7,10H,8-9H2,1-4H3,(H,16,17). The predicted molar refractivity (Wildman–Crippen MR) is 72.7 cm³/mol. The summed E-state index contributed by atoms with van der Waals surface area (Å²) in [5.74, 6) is 0.574. The van der Waals surface area contributed by atoms with Crippen molar-refractivity contribution in [3.63, 3.8) is 0 Å². The Hall–Kier alpha value is -1.75. The van der Waals surface area contributed by atoms with Gasteiger partial charge >= 0.3 is 5.97 Å². The number of nitrogens with zero attached hydrogens (tertiary/aromatic N) is 1. The largest absolute Gasteiger partial charge is 0.497 e. The van der Waals surface area contributed by atoms with E-state index in [1.54, 1.807) is 20.3 Å². The molecule has 0 radical (unpaired) electrons. The van der Waals surface area contributed by atoms with Gasteiger partial charge in [-0.25, -0.2) is 0 Å². The summed E-state index contributed by atoms with van der Waals surface area (Å²) in [5.41, 5.74) is 0.964. The molecule has 0 saturated carbocycles. The van der Waals surface area contributed by atoms with E-state index in [1.165, 1.54) is 0 Å². The van der Waals surface area contributed by atoms with Crippen molar-refractivity contribution in [2.75, 3.05) is 20.8 Å². The van der Waals surface area contributed by atoms with Gasteiger partial charge in [-0.05, 0) is 31.5 Å². The molecule has 0 aliphatic rings. The van der Waals surface area contributed by atoms with Crippen LogP contribution < -0.4 is 9.47 Å². The molecular weight excluding hydrogens is 246 g/mol. The van der Waals surface area contributed by atoms with E-state index in [0.717, 1.165) is 5.56 Å². The predicted octanol–water partition coefficient (Wildman–Crippen LogP) is 2.00. The molecule has 0 atom stereocenters. The Kier molecular flexibility index (Phi) is 5.63. The Morgan fingerprint density at radius 1 is 1.21 bits per heavy atom. The van der Waals surface area contributed by atoms with Crippen molar-refractivity contribution in [3.8, 4) is 11.5 Å². The first-order valence-corrected chi connectivity index (χ1v) is 6.14. The topological polar surface area (TPSA) is 59.0 Å². The van der Waals surface area contributed by atoms with Gasteiger partial charge in [0.1, 0.15) is 11.5 Å². The summed E-state index contributed by atoms with van der Waals surface area (Å²) in [6, 6.07) is 5.72. The van der Waals surface area contributed by atoms with Crippen LogP contribution in [0.15, 0.2) is 18.2 Å². The summed E-state index contributed by atoms with van der Waals surface area (Å²) in [6.45, 7) is 4.50. The Morgan fingerprint density at radius 2 is 1.74 bits per heavy atom. The highest BCUT2D eigenvalue weighted by Gasteiger charge is 2.14. The molecule has 1 aromatic carbocycles. The monoisotopic (exact) mass is 267 g/mol. The van der Waals surface area contributed by atoms with Crippen LogP contribution >= 0.6 is 0 Å². The molecular formula is C14H21NO4. The van der Waals surface area contributed by atoms with Gasteiger partial charge in [-0.15, -0.1) is 0 Å². The molecule has 1 rings (SSSR count).